The smallest absolute Gasteiger partial charge is 0.312 e. The number of carbonyl (C=O) groups is 2. The first-order chi connectivity index (χ1) is 10.0. The van der Waals surface area contributed by atoms with Crippen LogP contribution in [0.5, 0.6) is 0 Å². The van der Waals surface area contributed by atoms with Crippen LogP contribution in [-0.4, -0.2) is 36.6 Å². The number of benzene rings is 1. The van der Waals surface area contributed by atoms with E-state index >= 15 is 0 Å². The summed E-state index contributed by atoms with van der Waals surface area (Å²) in [5.74, 6) is -0.808. The molecule has 1 saturated heterocycles. The van der Waals surface area contributed by atoms with Crippen molar-refractivity contribution in [2.75, 3.05) is 24.6 Å². The van der Waals surface area contributed by atoms with Crippen molar-refractivity contribution in [2.45, 2.75) is 6.42 Å². The maximum absolute atomic E-state index is 13.4. The molecule has 108 valence electrons. The van der Waals surface area contributed by atoms with Crippen LogP contribution in [0.15, 0.2) is 18.2 Å². The zero-order valence-corrected chi connectivity index (χ0v) is 11.3. The molecular weight excluding hydrogens is 287 g/mol. The molecule has 20 heavy (non-hydrogen) atoms. The summed E-state index contributed by atoms with van der Waals surface area (Å²) in [6.07, 6.45) is 0.712. The van der Waals surface area contributed by atoms with E-state index in [2.05, 4.69) is 5.32 Å². The van der Waals surface area contributed by atoms with Gasteiger partial charge in [-0.25, -0.2) is 9.18 Å². The molecule has 0 aromatic heterocycles. The number of hydrogen-bond donors (Lipinski definition) is 2. The van der Waals surface area contributed by atoms with E-state index in [9.17, 15) is 14.0 Å². The number of anilines is 1. The van der Waals surface area contributed by atoms with Crippen molar-refractivity contribution in [1.82, 2.24) is 10.3 Å². The highest BCUT2D eigenvalue weighted by molar-refractivity contribution is 6.33. The molecule has 0 radical (unpaired) electrons. The Kier molecular flexibility index (Phi) is 3.87. The number of nitrogens with one attached hydrogen (secondary N) is 1. The minimum atomic E-state index is -0.766. The van der Waals surface area contributed by atoms with Crippen molar-refractivity contribution >= 4 is 29.2 Å². The van der Waals surface area contributed by atoms with Crippen molar-refractivity contribution in [3.05, 3.63) is 29.0 Å². The van der Waals surface area contributed by atoms with Gasteiger partial charge in [0, 0.05) is 19.2 Å². The first kappa shape index (κ1) is 13.0. The summed E-state index contributed by atoms with van der Waals surface area (Å²) in [7, 11) is 0. The first-order valence-electron chi connectivity index (χ1n) is 6.51. The van der Waals surface area contributed by atoms with Crippen LogP contribution in [0.25, 0.3) is 0 Å². The van der Waals surface area contributed by atoms with Crippen LogP contribution in [0.1, 0.15) is 6.42 Å². The number of hydrogen-bond acceptors (Lipinski definition) is 3. The third kappa shape index (κ3) is 3.11. The van der Waals surface area contributed by atoms with Crippen molar-refractivity contribution in [3.8, 4) is 0 Å². The van der Waals surface area contributed by atoms with Gasteiger partial charge in [-0.3, -0.25) is 14.8 Å². The lowest BCUT2D eigenvalue weighted by atomic mass is 10.3. The third-order valence-electron chi connectivity index (χ3n) is 2.91. The number of urea groups is 1. The molecule has 1 fully saturated rings. The van der Waals surface area contributed by atoms with Gasteiger partial charge in [-0.2, -0.15) is 0 Å². The molecule has 0 unspecified atom stereocenters. The molecule has 2 rings (SSSR count). The maximum atomic E-state index is 13.4. The Bertz CT molecular complexity index is 560. The second-order valence-corrected chi connectivity index (χ2v) is 4.68. The van der Waals surface area contributed by atoms with Crippen LogP contribution in [0.3, 0.4) is 0 Å². The van der Waals surface area contributed by atoms with E-state index in [0.717, 1.165) is 0 Å². The molecule has 3 N–H and O–H groups in total. The predicted octanol–water partition coefficient (Wildman–Crippen LogP) is 1.10. The van der Waals surface area contributed by atoms with Gasteiger partial charge in [0.15, 0.2) is 1.41 Å². The zero-order chi connectivity index (χ0) is 15.4. The van der Waals surface area contributed by atoms with Gasteiger partial charge in [0.05, 0.1) is 10.7 Å². The van der Waals surface area contributed by atoms with Crippen LogP contribution >= 0.6 is 11.6 Å². The number of halogens is 2. The molecule has 3 amide bonds. The molecule has 0 atom stereocenters. The van der Waals surface area contributed by atoms with Crippen LogP contribution < -0.4 is 16.1 Å². The van der Waals surface area contributed by atoms with Gasteiger partial charge in [-0.1, -0.05) is 11.6 Å². The standard InChI is InChI=1S/C12H14ClFN4O2/c13-9-3-2-8(14)6-10(9)17-4-1-5-18(17)11(19)7-16-12(15)20/h2-3,6H,1,4-5,7H2,(H3,15,16,20)/i/hD. The van der Waals surface area contributed by atoms with E-state index in [1.165, 1.54) is 23.2 Å². The molecule has 1 aliphatic heterocycles. The number of nitrogens with two attached hydrogens (primary N) is 1. The summed E-state index contributed by atoms with van der Waals surface area (Å²) in [6.45, 7) is 0.726. The lowest BCUT2D eigenvalue weighted by Gasteiger charge is -2.30. The quantitative estimate of drug-likeness (QED) is 0.877. The molecule has 1 aliphatic rings. The summed E-state index contributed by atoms with van der Waals surface area (Å²) in [5, 5.41) is 5.58. The number of amides is 3. The highest BCUT2D eigenvalue weighted by Gasteiger charge is 2.28. The number of rotatable bonds is 3. The van der Waals surface area contributed by atoms with Gasteiger partial charge in [0.25, 0.3) is 5.91 Å². The Morgan fingerprint density at radius 2 is 2.30 bits per heavy atom. The SMILES string of the molecule is [2H]NC(=O)NCC(=O)N1CCCN1c1cc(F)ccc1Cl. The summed E-state index contributed by atoms with van der Waals surface area (Å²) in [6, 6.07) is 3.17. The Morgan fingerprint density at radius 1 is 1.50 bits per heavy atom. The van der Waals surface area contributed by atoms with E-state index in [0.29, 0.717) is 30.2 Å². The van der Waals surface area contributed by atoms with E-state index in [4.69, 9.17) is 13.0 Å². The second kappa shape index (κ2) is 5.96. The molecule has 8 heteroatoms. The van der Waals surface area contributed by atoms with Crippen LogP contribution in [0, 0.1) is 5.82 Å². The van der Waals surface area contributed by atoms with Gasteiger partial charge < -0.3 is 11.0 Å². The predicted molar refractivity (Wildman–Crippen MR) is 72.7 cm³/mol. The van der Waals surface area contributed by atoms with Crippen molar-refractivity contribution in [1.29, 1.82) is 0 Å². The summed E-state index contributed by atoms with van der Waals surface area (Å²) < 4.78 is 20.0. The lowest BCUT2D eigenvalue weighted by Crippen LogP contribution is -2.47. The second-order valence-electron chi connectivity index (χ2n) is 4.27. The number of hydrazine groups is 1. The molecule has 0 aliphatic carbocycles. The average molecular weight is 302 g/mol. The Balaban J connectivity index is 2.11. The van der Waals surface area contributed by atoms with E-state index in [1.54, 1.807) is 10.7 Å². The monoisotopic (exact) mass is 301 g/mol. The summed E-state index contributed by atoms with van der Waals surface area (Å²) >= 11 is 6.05. The molecular formula is C12H14ClFN4O2. The fraction of sp³-hybridized carbons (Fsp3) is 0.333. The summed E-state index contributed by atoms with van der Waals surface area (Å²) in [5.41, 5.74) is 2.02. The van der Waals surface area contributed by atoms with Crippen LogP contribution in [0.2, 0.25) is 6.43 Å². The van der Waals surface area contributed by atoms with Gasteiger partial charge in [-0.15, -0.1) is 0 Å². The van der Waals surface area contributed by atoms with Gasteiger partial charge in [0.2, 0.25) is 0 Å². The van der Waals surface area contributed by atoms with Crippen LogP contribution in [-0.2, 0) is 4.79 Å². The highest BCUT2D eigenvalue weighted by Crippen LogP contribution is 2.30. The van der Waals surface area contributed by atoms with E-state index in [-0.39, 0.29) is 12.5 Å². The maximum Gasteiger partial charge on any atom is 0.312 e. The largest absolute Gasteiger partial charge is 0.352 e. The molecule has 0 saturated carbocycles. The van der Waals surface area contributed by atoms with Gasteiger partial charge >= 0.3 is 6.03 Å². The van der Waals surface area contributed by atoms with E-state index in [1.807, 2.05) is 0 Å². The first-order valence-corrected chi connectivity index (χ1v) is 6.39. The average Bonchev–Trinajstić information content (AvgIpc) is 2.96. The normalized spacial score (nSPS) is 15.0. The summed E-state index contributed by atoms with van der Waals surface area (Å²) in [4.78, 5) is 23.0. The minimum absolute atomic E-state index is 0.256. The minimum Gasteiger partial charge on any atom is -0.352 e. The lowest BCUT2D eigenvalue weighted by molar-refractivity contribution is -0.129. The van der Waals surface area contributed by atoms with Crippen molar-refractivity contribution in [2.24, 2.45) is 5.73 Å². The van der Waals surface area contributed by atoms with Gasteiger partial charge in [0.1, 0.15) is 12.4 Å². The molecule has 1 aromatic carbocycles. The third-order valence-corrected chi connectivity index (χ3v) is 3.23. The fourth-order valence-electron chi connectivity index (χ4n) is 2.05. The molecule has 6 nitrogen and oxygen atoms in total. The highest BCUT2D eigenvalue weighted by atomic mass is 35.5. The van der Waals surface area contributed by atoms with E-state index < -0.39 is 11.8 Å². The Labute approximate surface area is 121 Å². The molecule has 0 bridgehead atoms. The number of nitrogens with zero attached hydrogens (tertiary/aromatic N) is 2. The van der Waals surface area contributed by atoms with Crippen molar-refractivity contribution < 1.29 is 15.4 Å². The molecule has 1 aromatic rings. The fourth-order valence-corrected chi connectivity index (χ4v) is 2.27. The number of carbonyl (C=O) groups excluding carboxylic acids is 2. The molecule has 1 heterocycles. The van der Waals surface area contributed by atoms with Crippen molar-refractivity contribution in [3.63, 3.8) is 0 Å². The Morgan fingerprint density at radius 3 is 3.05 bits per heavy atom. The Hall–Kier alpha value is -2.02. The van der Waals surface area contributed by atoms with Crippen LogP contribution in [0.4, 0.5) is 14.9 Å². The molecule has 0 spiro atoms. The topological polar surface area (TPSA) is 78.7 Å². The zero-order valence-electron chi connectivity index (χ0n) is 11.5. The van der Waals surface area contributed by atoms with Gasteiger partial charge in [-0.05, 0) is 18.6 Å². The number of primary amides is 1.